The topological polar surface area (TPSA) is 46.6 Å². The molecule has 0 N–H and O–H groups in total. The molecular weight excluding hydrogens is 242 g/mol. The van der Waals surface area contributed by atoms with Crippen LogP contribution in [0.5, 0.6) is 0 Å². The third-order valence-electron chi connectivity index (χ3n) is 2.53. The molecule has 0 radical (unpaired) electrons. The number of likely N-dealkylation sites (tertiary alicyclic amines) is 1. The summed E-state index contributed by atoms with van der Waals surface area (Å²) in [5, 5.41) is 0. The van der Waals surface area contributed by atoms with E-state index >= 15 is 0 Å². The van der Waals surface area contributed by atoms with Crippen LogP contribution in [0.3, 0.4) is 0 Å². The maximum absolute atomic E-state index is 11.0. The van der Waals surface area contributed by atoms with Crippen LogP contribution in [0.25, 0.3) is 0 Å². The first kappa shape index (κ1) is 14.7. The molecule has 0 unspecified atom stereocenters. The number of benzene rings is 1. The Morgan fingerprint density at radius 3 is 2.37 bits per heavy atom. The van der Waals surface area contributed by atoms with E-state index < -0.39 is 0 Å². The quantitative estimate of drug-likeness (QED) is 0.619. The van der Waals surface area contributed by atoms with E-state index in [2.05, 4.69) is 17.9 Å². The second kappa shape index (κ2) is 7.87. The lowest BCUT2D eigenvalue weighted by molar-refractivity contribution is -0.125. The molecule has 1 fully saturated rings. The van der Waals surface area contributed by atoms with Crippen molar-refractivity contribution in [2.45, 2.75) is 12.8 Å². The first-order chi connectivity index (χ1) is 9.19. The van der Waals surface area contributed by atoms with Gasteiger partial charge in [-0.05, 0) is 24.8 Å². The number of carbonyl (C=O) groups excluding carboxylic acids is 2. The van der Waals surface area contributed by atoms with Gasteiger partial charge in [0.2, 0.25) is 5.91 Å². The molecule has 19 heavy (non-hydrogen) atoms. The summed E-state index contributed by atoms with van der Waals surface area (Å²) in [6.45, 7) is 7.64. The molecule has 1 aliphatic rings. The van der Waals surface area contributed by atoms with Crippen LogP contribution < -0.4 is 0 Å². The Balaban J connectivity index is 0.000000200. The lowest BCUT2D eigenvalue weighted by Crippen LogP contribution is -2.16. The Morgan fingerprint density at radius 2 is 1.95 bits per heavy atom. The van der Waals surface area contributed by atoms with E-state index in [0.717, 1.165) is 19.2 Å². The molecular formula is C15H17NO3. The summed E-state index contributed by atoms with van der Waals surface area (Å²) in [7, 11) is 0. The highest BCUT2D eigenvalue weighted by Gasteiger charge is 2.15. The summed E-state index contributed by atoms with van der Waals surface area (Å²) in [5.74, 6) is -0.166. The van der Waals surface area contributed by atoms with Crippen LogP contribution in [-0.4, -0.2) is 23.3 Å². The largest absolute Gasteiger partial charge is 0.432 e. The zero-order chi connectivity index (χ0) is 14.1. The minimum atomic E-state index is -0.374. The van der Waals surface area contributed by atoms with Gasteiger partial charge >= 0.3 is 5.97 Å². The molecule has 4 nitrogen and oxygen atoms in total. The molecule has 100 valence electrons. The predicted octanol–water partition coefficient (Wildman–Crippen LogP) is 2.74. The number of carbonyl (C=O) groups is 2. The van der Waals surface area contributed by atoms with Crippen molar-refractivity contribution >= 4 is 11.9 Å². The molecule has 1 heterocycles. The Kier molecular flexibility index (Phi) is 6.09. The molecule has 0 spiro atoms. The van der Waals surface area contributed by atoms with Crippen molar-refractivity contribution < 1.29 is 14.3 Å². The highest BCUT2D eigenvalue weighted by Crippen LogP contribution is 2.08. The molecule has 0 aliphatic carbocycles. The fourth-order valence-electron chi connectivity index (χ4n) is 1.58. The Morgan fingerprint density at radius 1 is 1.26 bits per heavy atom. The van der Waals surface area contributed by atoms with E-state index in [1.807, 2.05) is 6.07 Å². The highest BCUT2D eigenvalue weighted by atomic mass is 16.5. The normalized spacial score (nSPS) is 13.3. The fourth-order valence-corrected chi connectivity index (χ4v) is 1.58. The van der Waals surface area contributed by atoms with Crippen LogP contribution in [0.2, 0.25) is 0 Å². The molecule has 1 aromatic rings. The number of ether oxygens (including phenoxy) is 1. The van der Waals surface area contributed by atoms with Crippen molar-refractivity contribution in [1.82, 2.24) is 4.90 Å². The summed E-state index contributed by atoms with van der Waals surface area (Å²) in [6.07, 6.45) is 4.40. The number of amides is 1. The smallest absolute Gasteiger partial charge is 0.342 e. The van der Waals surface area contributed by atoms with Gasteiger partial charge in [-0.15, -0.1) is 0 Å². The van der Waals surface area contributed by atoms with Gasteiger partial charge in [0.05, 0.1) is 11.8 Å². The predicted molar refractivity (Wildman–Crippen MR) is 73.2 cm³/mol. The number of nitrogens with zero attached hydrogens (tertiary/aromatic N) is 1. The maximum Gasteiger partial charge on any atom is 0.342 e. The highest BCUT2D eigenvalue weighted by molar-refractivity contribution is 5.89. The summed E-state index contributed by atoms with van der Waals surface area (Å²) >= 11 is 0. The molecule has 0 bridgehead atoms. The number of hydrogen-bond donors (Lipinski definition) is 0. The lowest BCUT2D eigenvalue weighted by Gasteiger charge is -2.05. The van der Waals surface area contributed by atoms with E-state index in [0.29, 0.717) is 12.0 Å². The van der Waals surface area contributed by atoms with Gasteiger partial charge in [-0.25, -0.2) is 4.79 Å². The van der Waals surface area contributed by atoms with Gasteiger partial charge in [0.1, 0.15) is 0 Å². The van der Waals surface area contributed by atoms with Crippen molar-refractivity contribution in [3.8, 4) is 0 Å². The summed E-state index contributed by atoms with van der Waals surface area (Å²) in [4.78, 5) is 23.3. The fraction of sp³-hybridized carbons (Fsp3) is 0.200. The van der Waals surface area contributed by atoms with E-state index in [1.165, 1.54) is 0 Å². The van der Waals surface area contributed by atoms with Gasteiger partial charge in [0.15, 0.2) is 0 Å². The van der Waals surface area contributed by atoms with Gasteiger partial charge in [0, 0.05) is 13.0 Å². The molecule has 2 rings (SSSR count). The first-order valence-corrected chi connectivity index (χ1v) is 5.98. The summed E-state index contributed by atoms with van der Waals surface area (Å²) in [5.41, 5.74) is 0.535. The number of esters is 1. The van der Waals surface area contributed by atoms with Crippen molar-refractivity contribution in [2.75, 3.05) is 6.54 Å². The average Bonchev–Trinajstić information content (AvgIpc) is 2.86. The summed E-state index contributed by atoms with van der Waals surface area (Å²) < 4.78 is 4.55. The van der Waals surface area contributed by atoms with Crippen molar-refractivity contribution in [3.05, 3.63) is 61.5 Å². The van der Waals surface area contributed by atoms with Gasteiger partial charge in [-0.1, -0.05) is 31.4 Å². The SMILES string of the molecule is C=CN1CCCC1=O.C=COC(=O)c1ccccc1. The Labute approximate surface area is 113 Å². The van der Waals surface area contributed by atoms with Gasteiger partial charge in [0.25, 0.3) is 0 Å². The molecule has 0 aromatic heterocycles. The Bertz CT molecular complexity index is 454. The van der Waals surface area contributed by atoms with Crippen molar-refractivity contribution in [1.29, 1.82) is 0 Å². The van der Waals surface area contributed by atoms with Crippen LogP contribution in [0.15, 0.2) is 56.0 Å². The standard InChI is InChI=1S/C9H8O2.C6H9NO/c1-2-11-9(10)8-6-4-3-5-7-8;1-2-7-5-3-4-6(7)8/h2-7H,1H2;2H,1,3-5H2. The minimum absolute atomic E-state index is 0.208. The van der Waals surface area contributed by atoms with Crippen LogP contribution in [0, 0.1) is 0 Å². The van der Waals surface area contributed by atoms with E-state index in [4.69, 9.17) is 0 Å². The van der Waals surface area contributed by atoms with Gasteiger partial charge in [-0.2, -0.15) is 0 Å². The molecule has 1 aromatic carbocycles. The van der Waals surface area contributed by atoms with Crippen molar-refractivity contribution in [3.63, 3.8) is 0 Å². The first-order valence-electron chi connectivity index (χ1n) is 5.98. The third kappa shape index (κ3) is 4.79. The average molecular weight is 259 g/mol. The third-order valence-corrected chi connectivity index (χ3v) is 2.53. The molecule has 4 heteroatoms. The van der Waals surface area contributed by atoms with Gasteiger partial charge < -0.3 is 9.64 Å². The van der Waals surface area contributed by atoms with Gasteiger partial charge in [-0.3, -0.25) is 4.79 Å². The second-order valence-corrected chi connectivity index (χ2v) is 3.81. The zero-order valence-corrected chi connectivity index (χ0v) is 10.7. The number of hydrogen-bond acceptors (Lipinski definition) is 3. The second-order valence-electron chi connectivity index (χ2n) is 3.81. The van der Waals surface area contributed by atoms with E-state index in [-0.39, 0.29) is 11.9 Å². The molecule has 1 aliphatic heterocycles. The maximum atomic E-state index is 11.0. The molecule has 0 saturated carbocycles. The van der Waals surface area contributed by atoms with Crippen LogP contribution in [-0.2, 0) is 9.53 Å². The number of rotatable bonds is 3. The van der Waals surface area contributed by atoms with E-state index in [9.17, 15) is 9.59 Å². The lowest BCUT2D eigenvalue weighted by atomic mass is 10.2. The van der Waals surface area contributed by atoms with Crippen LogP contribution >= 0.6 is 0 Å². The minimum Gasteiger partial charge on any atom is -0.432 e. The molecule has 1 saturated heterocycles. The zero-order valence-electron chi connectivity index (χ0n) is 10.7. The van der Waals surface area contributed by atoms with Crippen LogP contribution in [0.4, 0.5) is 0 Å². The summed E-state index contributed by atoms with van der Waals surface area (Å²) in [6, 6.07) is 8.77. The van der Waals surface area contributed by atoms with Crippen LogP contribution in [0.1, 0.15) is 23.2 Å². The molecule has 1 amide bonds. The van der Waals surface area contributed by atoms with Crippen molar-refractivity contribution in [2.24, 2.45) is 0 Å². The molecule has 0 atom stereocenters. The van der Waals surface area contributed by atoms with E-state index in [1.54, 1.807) is 35.4 Å². The Hall–Kier alpha value is -2.36. The monoisotopic (exact) mass is 259 g/mol.